The summed E-state index contributed by atoms with van der Waals surface area (Å²) < 4.78 is 5.18. The normalized spacial score (nSPS) is 12.2. The Morgan fingerprint density at radius 2 is 1.87 bits per heavy atom. The molecule has 0 saturated heterocycles. The van der Waals surface area contributed by atoms with Crippen molar-refractivity contribution in [1.29, 1.82) is 0 Å². The zero-order valence-corrected chi connectivity index (χ0v) is 14.9. The van der Waals surface area contributed by atoms with Crippen LogP contribution < -0.4 is 5.32 Å². The molecule has 0 aromatic carbocycles. The van der Waals surface area contributed by atoms with Crippen LogP contribution >= 0.6 is 0 Å². The highest BCUT2D eigenvalue weighted by Crippen LogP contribution is 2.08. The van der Waals surface area contributed by atoms with Crippen molar-refractivity contribution in [2.24, 2.45) is 0 Å². The smallest absolute Gasteiger partial charge is 0.407 e. The molecular weight excluding hydrogens is 296 g/mol. The highest BCUT2D eigenvalue weighted by Gasteiger charge is 2.15. The van der Waals surface area contributed by atoms with Crippen LogP contribution in [0.15, 0.2) is 36.0 Å². The zero-order valence-electron chi connectivity index (χ0n) is 14.9. The van der Waals surface area contributed by atoms with Crippen molar-refractivity contribution in [2.45, 2.75) is 39.7 Å². The van der Waals surface area contributed by atoms with Gasteiger partial charge in [-0.15, -0.1) is 0 Å². The summed E-state index contributed by atoms with van der Waals surface area (Å²) in [5.74, 6) is -0.334. The standard InChI is InChI=1S/C17H28N2O4/c1-8-9-14(12-18-16(21)23-17(3,4)5)11-10-13(2)15(20)19(6)22-7/h9-11H,2,8,12H2,1,3-7H3,(H,18,21). The molecule has 0 atom stereocenters. The number of alkyl carbamates (subject to hydrolysis) is 1. The van der Waals surface area contributed by atoms with Crippen LogP contribution in [0.4, 0.5) is 4.79 Å². The maximum absolute atomic E-state index is 11.8. The van der Waals surface area contributed by atoms with Crippen molar-refractivity contribution in [1.82, 2.24) is 10.4 Å². The number of amides is 2. The Hall–Kier alpha value is -2.08. The van der Waals surface area contributed by atoms with E-state index in [2.05, 4.69) is 11.9 Å². The van der Waals surface area contributed by atoms with Gasteiger partial charge >= 0.3 is 6.09 Å². The van der Waals surface area contributed by atoms with E-state index in [0.717, 1.165) is 17.1 Å². The molecule has 1 N–H and O–H groups in total. The van der Waals surface area contributed by atoms with Gasteiger partial charge in [0.15, 0.2) is 0 Å². The molecule has 130 valence electrons. The average molecular weight is 324 g/mol. The first-order valence-electron chi connectivity index (χ1n) is 7.45. The first-order chi connectivity index (χ1) is 10.6. The molecule has 0 unspecified atom stereocenters. The fourth-order valence-electron chi connectivity index (χ4n) is 1.51. The summed E-state index contributed by atoms with van der Waals surface area (Å²) in [6.45, 7) is 11.4. The zero-order chi connectivity index (χ0) is 18.0. The highest BCUT2D eigenvalue weighted by molar-refractivity contribution is 5.94. The summed E-state index contributed by atoms with van der Waals surface area (Å²) in [7, 11) is 2.91. The van der Waals surface area contributed by atoms with Crippen LogP contribution in [0.2, 0.25) is 0 Å². The summed E-state index contributed by atoms with van der Waals surface area (Å²) in [6, 6.07) is 0. The largest absolute Gasteiger partial charge is 0.444 e. The Labute approximate surface area is 138 Å². The van der Waals surface area contributed by atoms with Crippen molar-refractivity contribution < 1.29 is 19.2 Å². The average Bonchev–Trinajstić information content (AvgIpc) is 2.46. The minimum Gasteiger partial charge on any atom is -0.444 e. The number of allylic oxidation sites excluding steroid dienone is 1. The molecule has 2 amide bonds. The van der Waals surface area contributed by atoms with Crippen molar-refractivity contribution in [3.63, 3.8) is 0 Å². The number of carbonyl (C=O) groups is 2. The molecule has 0 heterocycles. The van der Waals surface area contributed by atoms with Gasteiger partial charge in [-0.05, 0) is 38.8 Å². The quantitative estimate of drug-likeness (QED) is 0.444. The van der Waals surface area contributed by atoms with Gasteiger partial charge in [0.2, 0.25) is 0 Å². The molecule has 6 nitrogen and oxygen atoms in total. The predicted molar refractivity (Wildman–Crippen MR) is 90.7 cm³/mol. The van der Waals surface area contributed by atoms with Crippen LogP contribution in [0.5, 0.6) is 0 Å². The molecule has 0 aliphatic heterocycles. The number of nitrogens with zero attached hydrogens (tertiary/aromatic N) is 1. The van der Waals surface area contributed by atoms with Gasteiger partial charge in [-0.3, -0.25) is 9.63 Å². The van der Waals surface area contributed by atoms with E-state index in [1.165, 1.54) is 14.2 Å². The lowest BCUT2D eigenvalue weighted by molar-refractivity contribution is -0.163. The van der Waals surface area contributed by atoms with E-state index in [0.29, 0.717) is 6.54 Å². The molecule has 0 radical (unpaired) electrons. The Bertz CT molecular complexity index is 487. The third-order valence-corrected chi connectivity index (χ3v) is 2.64. The molecule has 0 aliphatic rings. The predicted octanol–water partition coefficient (Wildman–Crippen LogP) is 2.98. The highest BCUT2D eigenvalue weighted by atomic mass is 16.7. The van der Waals surface area contributed by atoms with Gasteiger partial charge in [-0.1, -0.05) is 25.7 Å². The SMILES string of the molecule is C=C(C=CC(=CCC)CNC(=O)OC(C)(C)C)C(=O)N(C)OC. The van der Waals surface area contributed by atoms with Gasteiger partial charge in [-0.2, -0.15) is 0 Å². The number of carbonyl (C=O) groups excluding carboxylic acids is 2. The monoisotopic (exact) mass is 324 g/mol. The van der Waals surface area contributed by atoms with Gasteiger partial charge in [0, 0.05) is 19.2 Å². The van der Waals surface area contributed by atoms with Gasteiger partial charge in [0.05, 0.1) is 7.11 Å². The maximum Gasteiger partial charge on any atom is 0.407 e. The van der Waals surface area contributed by atoms with Gasteiger partial charge in [-0.25, -0.2) is 9.86 Å². The van der Waals surface area contributed by atoms with Crippen molar-refractivity contribution in [3.05, 3.63) is 36.0 Å². The van der Waals surface area contributed by atoms with E-state index < -0.39 is 11.7 Å². The number of hydroxylamine groups is 2. The molecule has 0 fully saturated rings. The summed E-state index contributed by atoms with van der Waals surface area (Å²) in [6.07, 6.45) is 5.60. The molecule has 0 spiro atoms. The van der Waals surface area contributed by atoms with E-state index in [1.54, 1.807) is 32.9 Å². The lowest BCUT2D eigenvalue weighted by Gasteiger charge is -2.19. The lowest BCUT2D eigenvalue weighted by atomic mass is 10.1. The maximum atomic E-state index is 11.8. The number of hydrogen-bond donors (Lipinski definition) is 1. The second-order valence-electron chi connectivity index (χ2n) is 5.89. The van der Waals surface area contributed by atoms with E-state index in [9.17, 15) is 9.59 Å². The number of rotatable bonds is 7. The van der Waals surface area contributed by atoms with E-state index >= 15 is 0 Å². The van der Waals surface area contributed by atoms with Gasteiger partial charge in [0.1, 0.15) is 5.60 Å². The van der Waals surface area contributed by atoms with Crippen LogP contribution in [0.3, 0.4) is 0 Å². The minimum atomic E-state index is -0.542. The third-order valence-electron chi connectivity index (χ3n) is 2.64. The molecule has 0 rings (SSSR count). The first-order valence-corrected chi connectivity index (χ1v) is 7.45. The number of ether oxygens (including phenoxy) is 1. The lowest BCUT2D eigenvalue weighted by Crippen LogP contribution is -2.33. The van der Waals surface area contributed by atoms with Crippen molar-refractivity contribution in [3.8, 4) is 0 Å². The van der Waals surface area contributed by atoms with Crippen LogP contribution in [0.1, 0.15) is 34.1 Å². The molecule has 0 saturated carbocycles. The van der Waals surface area contributed by atoms with E-state index in [4.69, 9.17) is 9.57 Å². The number of likely N-dealkylation sites (N-methyl/N-ethyl adjacent to an activating group) is 1. The van der Waals surface area contributed by atoms with Crippen LogP contribution in [0, 0.1) is 0 Å². The fourth-order valence-corrected chi connectivity index (χ4v) is 1.51. The van der Waals surface area contributed by atoms with Crippen molar-refractivity contribution in [2.75, 3.05) is 20.7 Å². The molecule has 23 heavy (non-hydrogen) atoms. The summed E-state index contributed by atoms with van der Waals surface area (Å²) in [4.78, 5) is 28.3. The topological polar surface area (TPSA) is 67.9 Å². The second kappa shape index (κ2) is 9.84. The van der Waals surface area contributed by atoms with Gasteiger partial charge in [0.25, 0.3) is 5.91 Å². The van der Waals surface area contributed by atoms with Gasteiger partial charge < -0.3 is 10.1 Å². The Morgan fingerprint density at radius 1 is 1.26 bits per heavy atom. The molecular formula is C17H28N2O4. The number of hydrogen-bond acceptors (Lipinski definition) is 4. The molecule has 6 heteroatoms. The third kappa shape index (κ3) is 9.52. The minimum absolute atomic E-state index is 0.286. The Balaban J connectivity index is 4.68. The molecule has 0 aromatic rings. The first kappa shape index (κ1) is 20.9. The van der Waals surface area contributed by atoms with Crippen LogP contribution in [-0.4, -0.2) is 43.4 Å². The summed E-state index contributed by atoms with van der Waals surface area (Å²) >= 11 is 0. The Morgan fingerprint density at radius 3 is 2.35 bits per heavy atom. The summed E-state index contributed by atoms with van der Waals surface area (Å²) in [5, 5.41) is 3.77. The molecule has 0 aromatic heterocycles. The van der Waals surface area contributed by atoms with E-state index in [-0.39, 0.29) is 11.5 Å². The molecule has 0 bridgehead atoms. The van der Waals surface area contributed by atoms with Crippen LogP contribution in [0.25, 0.3) is 0 Å². The number of nitrogens with one attached hydrogen (secondary N) is 1. The summed E-state index contributed by atoms with van der Waals surface area (Å²) in [5.41, 5.74) is 0.598. The van der Waals surface area contributed by atoms with Crippen LogP contribution in [-0.2, 0) is 14.4 Å². The molecule has 0 aliphatic carbocycles. The van der Waals surface area contributed by atoms with E-state index in [1.807, 2.05) is 13.0 Å². The second-order valence-corrected chi connectivity index (χ2v) is 5.89. The fraction of sp³-hybridized carbons (Fsp3) is 0.529. The Kier molecular flexibility index (Phi) is 8.95. The van der Waals surface area contributed by atoms with Crippen molar-refractivity contribution >= 4 is 12.0 Å².